The van der Waals surface area contributed by atoms with Crippen molar-refractivity contribution >= 4 is 35.0 Å². The molecule has 3 aromatic heterocycles. The Balaban J connectivity index is 1.42. The van der Waals surface area contributed by atoms with E-state index in [1.165, 1.54) is 6.42 Å². The number of nitrogens with one attached hydrogen (secondary N) is 3. The van der Waals surface area contributed by atoms with Crippen LogP contribution >= 0.6 is 0 Å². The second-order valence-corrected chi connectivity index (χ2v) is 10.5. The van der Waals surface area contributed by atoms with E-state index in [1.807, 2.05) is 18.2 Å². The van der Waals surface area contributed by atoms with Gasteiger partial charge in [-0.05, 0) is 30.5 Å². The molecule has 0 radical (unpaired) electrons. The van der Waals surface area contributed by atoms with Gasteiger partial charge < -0.3 is 26.0 Å². The highest BCUT2D eigenvalue weighted by molar-refractivity contribution is 5.95. The van der Waals surface area contributed by atoms with Crippen LogP contribution in [0.2, 0.25) is 0 Å². The molecule has 1 saturated heterocycles. The number of nitrogens with zero attached hydrogens (tertiary/aromatic N) is 5. The Morgan fingerprint density at radius 3 is 2.60 bits per heavy atom. The van der Waals surface area contributed by atoms with Crippen molar-refractivity contribution in [1.82, 2.24) is 25.3 Å². The third kappa shape index (κ3) is 7.50. The van der Waals surface area contributed by atoms with Gasteiger partial charge in [-0.2, -0.15) is 0 Å². The minimum atomic E-state index is -0.964. The summed E-state index contributed by atoms with van der Waals surface area (Å²) < 4.78 is 0. The minimum absolute atomic E-state index is 0.191. The molecule has 5 rings (SSSR count). The first-order valence-electron chi connectivity index (χ1n) is 14.0. The molecule has 1 amide bonds. The Morgan fingerprint density at radius 1 is 1.02 bits per heavy atom. The molecule has 11 nitrogen and oxygen atoms in total. The summed E-state index contributed by atoms with van der Waals surface area (Å²) in [5, 5.41) is 19.1. The maximum Gasteiger partial charge on any atom is 0.304 e. The number of pyridine rings is 2. The fraction of sp³-hybridized carbons (Fsp3) is 0.448. The van der Waals surface area contributed by atoms with E-state index in [2.05, 4.69) is 35.8 Å². The molecule has 0 spiro atoms. The van der Waals surface area contributed by atoms with Crippen LogP contribution in [-0.4, -0.2) is 63.1 Å². The lowest BCUT2D eigenvalue weighted by atomic mass is 9.81. The van der Waals surface area contributed by atoms with Crippen LogP contribution in [0.3, 0.4) is 0 Å². The number of hydrogen-bond acceptors (Lipinski definition) is 9. The lowest BCUT2D eigenvalue weighted by Gasteiger charge is -2.28. The lowest BCUT2D eigenvalue weighted by molar-refractivity contribution is -0.140. The molecule has 4 N–H and O–H groups in total. The number of carbonyl (C=O) groups excluding carboxylic acids is 1. The van der Waals surface area contributed by atoms with E-state index in [0.29, 0.717) is 35.4 Å². The van der Waals surface area contributed by atoms with Gasteiger partial charge >= 0.3 is 5.97 Å². The Hall–Kier alpha value is -4.12. The number of rotatable bonds is 10. The summed E-state index contributed by atoms with van der Waals surface area (Å²) in [6.45, 7) is 3.53. The van der Waals surface area contributed by atoms with Crippen molar-refractivity contribution in [2.24, 2.45) is 11.8 Å². The molecule has 40 heavy (non-hydrogen) atoms. The summed E-state index contributed by atoms with van der Waals surface area (Å²) in [5.41, 5.74) is 2.03. The van der Waals surface area contributed by atoms with Gasteiger partial charge in [0.25, 0.3) is 0 Å². The number of carbonyl (C=O) groups is 2. The maximum atomic E-state index is 13.4. The van der Waals surface area contributed by atoms with Crippen LogP contribution < -0.4 is 20.9 Å². The normalized spacial score (nSPS) is 16.8. The van der Waals surface area contributed by atoms with Crippen molar-refractivity contribution in [3.8, 4) is 11.3 Å². The molecule has 0 aromatic carbocycles. The van der Waals surface area contributed by atoms with Gasteiger partial charge in [0.15, 0.2) is 0 Å². The fourth-order valence-electron chi connectivity index (χ4n) is 5.52. The fourth-order valence-corrected chi connectivity index (χ4v) is 5.52. The van der Waals surface area contributed by atoms with Gasteiger partial charge in [0.1, 0.15) is 17.5 Å². The molecular weight excluding hydrogens is 508 g/mol. The highest BCUT2D eigenvalue weighted by Gasteiger charge is 2.27. The largest absolute Gasteiger partial charge is 0.481 e. The van der Waals surface area contributed by atoms with Crippen LogP contribution in [0.1, 0.15) is 44.9 Å². The van der Waals surface area contributed by atoms with Crippen molar-refractivity contribution in [1.29, 1.82) is 0 Å². The number of amides is 1. The SMILES string of the molecule is O=C(O)C[C@@H](CC1CCCCC1)C(=O)Nc1cc(Nc2cnccn2)nc(-c2ccnc(N3CCNCC3)c2)c1. The number of anilines is 4. The van der Waals surface area contributed by atoms with Gasteiger partial charge in [-0.3, -0.25) is 14.6 Å². The number of aliphatic carboxylic acids is 1. The van der Waals surface area contributed by atoms with Crippen LogP contribution in [-0.2, 0) is 9.59 Å². The molecule has 2 aliphatic rings. The zero-order chi connectivity index (χ0) is 27.7. The molecule has 2 fully saturated rings. The molecule has 0 unspecified atom stereocenters. The van der Waals surface area contributed by atoms with Gasteiger partial charge in [0, 0.05) is 68.0 Å². The van der Waals surface area contributed by atoms with Crippen molar-refractivity contribution < 1.29 is 14.7 Å². The molecule has 210 valence electrons. The van der Waals surface area contributed by atoms with Crippen LogP contribution in [0.5, 0.6) is 0 Å². The first-order valence-corrected chi connectivity index (χ1v) is 14.0. The van der Waals surface area contributed by atoms with Gasteiger partial charge in [0.05, 0.1) is 18.3 Å². The molecule has 3 aromatic rings. The number of carboxylic acids is 1. The van der Waals surface area contributed by atoms with Gasteiger partial charge in [0.2, 0.25) is 5.91 Å². The first-order chi connectivity index (χ1) is 19.5. The van der Waals surface area contributed by atoms with Crippen LogP contribution in [0.15, 0.2) is 49.1 Å². The second-order valence-electron chi connectivity index (χ2n) is 10.5. The first kappa shape index (κ1) is 27.4. The Morgan fingerprint density at radius 2 is 1.85 bits per heavy atom. The topological polar surface area (TPSA) is 145 Å². The number of piperazine rings is 1. The summed E-state index contributed by atoms with van der Waals surface area (Å²) in [6, 6.07) is 7.44. The molecule has 1 aliphatic carbocycles. The van der Waals surface area contributed by atoms with Gasteiger partial charge in [-0.15, -0.1) is 0 Å². The Kier molecular flexibility index (Phi) is 9.12. The molecule has 1 saturated carbocycles. The van der Waals surface area contributed by atoms with E-state index in [9.17, 15) is 14.7 Å². The standard InChI is InChI=1S/C29H36N8O3/c38-28(39)16-22(14-20-4-2-1-3-5-20)29(40)34-23-17-24(35-25(18-23)36-26-19-31-8-9-32-26)21-6-7-33-27(15-21)37-12-10-30-11-13-37/h6-9,15,17-20,22,30H,1-5,10-14,16H2,(H,38,39)(H2,32,34,35,36,40)/t22-/m1/s1. The van der Waals surface area contributed by atoms with E-state index in [4.69, 9.17) is 4.98 Å². The molecular formula is C29H36N8O3. The molecule has 4 heterocycles. The van der Waals surface area contributed by atoms with Gasteiger partial charge in [-0.1, -0.05) is 32.1 Å². The van der Waals surface area contributed by atoms with E-state index in [0.717, 1.165) is 63.2 Å². The lowest BCUT2D eigenvalue weighted by Crippen LogP contribution is -2.43. The van der Waals surface area contributed by atoms with E-state index in [1.54, 1.807) is 30.9 Å². The third-order valence-corrected chi connectivity index (χ3v) is 7.53. The smallest absolute Gasteiger partial charge is 0.304 e. The van der Waals surface area contributed by atoms with E-state index >= 15 is 0 Å². The van der Waals surface area contributed by atoms with Crippen LogP contribution in [0.4, 0.5) is 23.1 Å². The van der Waals surface area contributed by atoms with E-state index < -0.39 is 11.9 Å². The van der Waals surface area contributed by atoms with E-state index in [-0.39, 0.29) is 12.3 Å². The Labute approximate surface area is 233 Å². The molecule has 0 bridgehead atoms. The van der Waals surface area contributed by atoms with Crippen LogP contribution in [0.25, 0.3) is 11.3 Å². The molecule has 11 heteroatoms. The van der Waals surface area contributed by atoms with Crippen LogP contribution in [0, 0.1) is 11.8 Å². The zero-order valence-electron chi connectivity index (χ0n) is 22.6. The number of aromatic nitrogens is 4. The average molecular weight is 545 g/mol. The van der Waals surface area contributed by atoms with Crippen molar-refractivity contribution in [3.63, 3.8) is 0 Å². The predicted molar refractivity (Wildman–Crippen MR) is 153 cm³/mol. The molecule has 1 aliphatic heterocycles. The van der Waals surface area contributed by atoms with Gasteiger partial charge in [-0.25, -0.2) is 15.0 Å². The summed E-state index contributed by atoms with van der Waals surface area (Å²) >= 11 is 0. The highest BCUT2D eigenvalue weighted by atomic mass is 16.4. The summed E-state index contributed by atoms with van der Waals surface area (Å²) in [4.78, 5) is 45.1. The summed E-state index contributed by atoms with van der Waals surface area (Å²) in [7, 11) is 0. The summed E-state index contributed by atoms with van der Waals surface area (Å²) in [5.74, 6) is 0.394. The maximum absolute atomic E-state index is 13.4. The highest BCUT2D eigenvalue weighted by Crippen LogP contribution is 2.32. The minimum Gasteiger partial charge on any atom is -0.481 e. The second kappa shape index (κ2) is 13.3. The Bertz CT molecular complexity index is 1290. The monoisotopic (exact) mass is 544 g/mol. The zero-order valence-corrected chi connectivity index (χ0v) is 22.6. The third-order valence-electron chi connectivity index (χ3n) is 7.53. The average Bonchev–Trinajstić information content (AvgIpc) is 2.98. The number of carboxylic acid groups (broad SMARTS) is 1. The van der Waals surface area contributed by atoms with Crippen molar-refractivity contribution in [3.05, 3.63) is 49.1 Å². The van der Waals surface area contributed by atoms with Crippen molar-refractivity contribution in [2.75, 3.05) is 41.7 Å². The molecule has 1 atom stereocenters. The number of hydrogen-bond donors (Lipinski definition) is 4. The summed E-state index contributed by atoms with van der Waals surface area (Å²) in [6.07, 6.45) is 12.5. The van der Waals surface area contributed by atoms with Crippen molar-refractivity contribution in [2.45, 2.75) is 44.9 Å². The predicted octanol–water partition coefficient (Wildman–Crippen LogP) is 4.09. The quantitative estimate of drug-likeness (QED) is 0.294.